The van der Waals surface area contributed by atoms with Crippen molar-refractivity contribution in [3.05, 3.63) is 0 Å². The molecule has 0 saturated heterocycles. The van der Waals surface area contributed by atoms with Gasteiger partial charge in [0.2, 0.25) is 0 Å². The third-order valence-corrected chi connectivity index (χ3v) is 5.99. The Balaban J connectivity index is 2.43. The summed E-state index contributed by atoms with van der Waals surface area (Å²) in [5.74, 6) is 1.72. The molecule has 0 aromatic carbocycles. The summed E-state index contributed by atoms with van der Waals surface area (Å²) >= 11 is 0. The van der Waals surface area contributed by atoms with Crippen molar-refractivity contribution < 1.29 is 4.21 Å². The van der Waals surface area contributed by atoms with Crippen LogP contribution in [0.1, 0.15) is 72.1 Å². The van der Waals surface area contributed by atoms with E-state index in [2.05, 4.69) is 29.5 Å². The van der Waals surface area contributed by atoms with Gasteiger partial charge in [-0.1, -0.05) is 39.5 Å². The number of unbranched alkanes of at least 4 members (excludes halogenated alkanes) is 3. The van der Waals surface area contributed by atoms with E-state index in [4.69, 9.17) is 0 Å². The highest BCUT2D eigenvalue weighted by Gasteiger charge is 2.25. The standard InChI is InChI=1S/C17H35N3OS/c1-4-7-8-9-13-19-17(18-5-2)20-15-11-10-12-16(14-15)22(21)6-3/h15-16H,4-14H2,1-3H3,(H2,18,19,20). The van der Waals surface area contributed by atoms with Crippen molar-refractivity contribution in [2.75, 3.05) is 18.8 Å². The lowest BCUT2D eigenvalue weighted by Crippen LogP contribution is -2.46. The van der Waals surface area contributed by atoms with Crippen molar-refractivity contribution in [2.45, 2.75) is 83.4 Å². The van der Waals surface area contributed by atoms with Gasteiger partial charge < -0.3 is 10.6 Å². The highest BCUT2D eigenvalue weighted by atomic mass is 32.2. The largest absolute Gasteiger partial charge is 0.357 e. The molecule has 5 heteroatoms. The number of guanidine groups is 1. The number of rotatable bonds is 9. The van der Waals surface area contributed by atoms with Crippen LogP contribution >= 0.6 is 0 Å². The quantitative estimate of drug-likeness (QED) is 0.388. The first-order valence-corrected chi connectivity index (χ1v) is 10.5. The summed E-state index contributed by atoms with van der Waals surface area (Å²) in [6, 6.07) is 0.419. The van der Waals surface area contributed by atoms with E-state index in [0.717, 1.165) is 50.5 Å². The van der Waals surface area contributed by atoms with Gasteiger partial charge in [0.05, 0.1) is 0 Å². The number of aliphatic imine (C=N–C) groups is 1. The minimum absolute atomic E-state index is 0.365. The molecule has 22 heavy (non-hydrogen) atoms. The lowest BCUT2D eigenvalue weighted by Gasteiger charge is -2.30. The van der Waals surface area contributed by atoms with E-state index in [1.165, 1.54) is 25.7 Å². The van der Waals surface area contributed by atoms with E-state index in [1.54, 1.807) is 0 Å². The second kappa shape index (κ2) is 11.9. The molecule has 1 saturated carbocycles. The Hall–Kier alpha value is -0.580. The average molecular weight is 330 g/mol. The van der Waals surface area contributed by atoms with Crippen LogP contribution in [0.4, 0.5) is 0 Å². The van der Waals surface area contributed by atoms with E-state index in [9.17, 15) is 4.21 Å². The molecule has 0 heterocycles. The summed E-state index contributed by atoms with van der Waals surface area (Å²) in [4.78, 5) is 4.69. The SMILES string of the molecule is CCCCCCN=C(NCC)NC1CCCC(S(=O)CC)C1. The molecule has 0 spiro atoms. The Kier molecular flexibility index (Phi) is 10.5. The van der Waals surface area contributed by atoms with Crippen molar-refractivity contribution in [1.29, 1.82) is 0 Å². The van der Waals surface area contributed by atoms with Crippen LogP contribution in [-0.2, 0) is 10.8 Å². The fraction of sp³-hybridized carbons (Fsp3) is 0.941. The lowest BCUT2D eigenvalue weighted by atomic mass is 9.95. The Morgan fingerprint density at radius 1 is 1.18 bits per heavy atom. The van der Waals surface area contributed by atoms with Crippen molar-refractivity contribution in [3.8, 4) is 0 Å². The second-order valence-electron chi connectivity index (χ2n) is 6.12. The maximum Gasteiger partial charge on any atom is 0.191 e. The summed E-state index contributed by atoms with van der Waals surface area (Å²) in [6.45, 7) is 8.14. The van der Waals surface area contributed by atoms with E-state index in [-0.39, 0.29) is 0 Å². The monoisotopic (exact) mass is 329 g/mol. The normalized spacial score (nSPS) is 24.0. The maximum absolute atomic E-state index is 12.0. The first-order chi connectivity index (χ1) is 10.7. The maximum atomic E-state index is 12.0. The fourth-order valence-electron chi connectivity index (χ4n) is 2.99. The fourth-order valence-corrected chi connectivity index (χ4v) is 4.34. The second-order valence-corrected chi connectivity index (χ2v) is 8.13. The Morgan fingerprint density at radius 2 is 2.00 bits per heavy atom. The van der Waals surface area contributed by atoms with Crippen LogP contribution < -0.4 is 10.6 Å². The molecule has 1 rings (SSSR count). The van der Waals surface area contributed by atoms with Crippen LogP contribution in [0.2, 0.25) is 0 Å². The van der Waals surface area contributed by atoms with Gasteiger partial charge in [-0.25, -0.2) is 0 Å². The molecule has 0 bridgehead atoms. The predicted molar refractivity (Wildman–Crippen MR) is 98.0 cm³/mol. The van der Waals surface area contributed by atoms with Crippen molar-refractivity contribution in [3.63, 3.8) is 0 Å². The van der Waals surface area contributed by atoms with E-state index >= 15 is 0 Å². The molecule has 4 nitrogen and oxygen atoms in total. The van der Waals surface area contributed by atoms with Crippen LogP contribution in [0.3, 0.4) is 0 Å². The van der Waals surface area contributed by atoms with Crippen LogP contribution in [0.5, 0.6) is 0 Å². The molecule has 130 valence electrons. The van der Waals surface area contributed by atoms with Crippen molar-refractivity contribution in [2.24, 2.45) is 4.99 Å². The van der Waals surface area contributed by atoms with Gasteiger partial charge in [-0.05, 0) is 32.6 Å². The van der Waals surface area contributed by atoms with E-state index in [1.807, 2.05) is 6.92 Å². The Bertz CT molecular complexity index is 347. The summed E-state index contributed by atoms with van der Waals surface area (Å²) in [5, 5.41) is 7.27. The molecule has 0 radical (unpaired) electrons. The van der Waals surface area contributed by atoms with Gasteiger partial charge in [0, 0.05) is 40.9 Å². The van der Waals surface area contributed by atoms with Gasteiger partial charge in [0.15, 0.2) is 5.96 Å². The minimum atomic E-state index is -0.662. The smallest absolute Gasteiger partial charge is 0.191 e. The summed E-state index contributed by atoms with van der Waals surface area (Å²) in [5.41, 5.74) is 0. The molecule has 0 aliphatic heterocycles. The van der Waals surface area contributed by atoms with Gasteiger partial charge in [0.1, 0.15) is 0 Å². The van der Waals surface area contributed by atoms with Gasteiger partial charge in [-0.15, -0.1) is 0 Å². The number of hydrogen-bond donors (Lipinski definition) is 2. The molecular formula is C17H35N3OS. The molecule has 0 amide bonds. The van der Waals surface area contributed by atoms with Crippen LogP contribution in [-0.4, -0.2) is 40.3 Å². The van der Waals surface area contributed by atoms with Gasteiger partial charge >= 0.3 is 0 Å². The number of nitrogens with one attached hydrogen (secondary N) is 2. The first kappa shape index (κ1) is 19.5. The van der Waals surface area contributed by atoms with E-state index < -0.39 is 10.8 Å². The minimum Gasteiger partial charge on any atom is -0.357 e. The van der Waals surface area contributed by atoms with Gasteiger partial charge in [0.25, 0.3) is 0 Å². The summed E-state index contributed by atoms with van der Waals surface area (Å²) < 4.78 is 12.0. The zero-order chi connectivity index (χ0) is 16.2. The van der Waals surface area contributed by atoms with Gasteiger partial charge in [-0.3, -0.25) is 9.20 Å². The highest BCUT2D eigenvalue weighted by Crippen LogP contribution is 2.22. The predicted octanol–water partition coefficient (Wildman–Crippen LogP) is 3.20. The first-order valence-electron chi connectivity index (χ1n) is 9.13. The lowest BCUT2D eigenvalue weighted by molar-refractivity contribution is 0.413. The van der Waals surface area contributed by atoms with Gasteiger partial charge in [-0.2, -0.15) is 0 Å². The zero-order valence-electron chi connectivity index (χ0n) is 14.7. The van der Waals surface area contributed by atoms with Crippen LogP contribution in [0.15, 0.2) is 4.99 Å². The summed E-state index contributed by atoms with van der Waals surface area (Å²) in [7, 11) is -0.662. The topological polar surface area (TPSA) is 53.5 Å². The van der Waals surface area contributed by atoms with E-state index in [0.29, 0.717) is 11.3 Å². The molecule has 2 N–H and O–H groups in total. The molecule has 3 atom stereocenters. The van der Waals surface area contributed by atoms with Crippen LogP contribution in [0.25, 0.3) is 0 Å². The summed E-state index contributed by atoms with van der Waals surface area (Å²) in [6.07, 6.45) is 9.45. The molecule has 1 aliphatic rings. The third-order valence-electron chi connectivity index (χ3n) is 4.25. The highest BCUT2D eigenvalue weighted by molar-refractivity contribution is 7.85. The number of hydrogen-bond acceptors (Lipinski definition) is 2. The molecule has 0 aromatic rings. The zero-order valence-corrected chi connectivity index (χ0v) is 15.5. The molecule has 3 unspecified atom stereocenters. The van der Waals surface area contributed by atoms with Crippen molar-refractivity contribution in [1.82, 2.24) is 10.6 Å². The van der Waals surface area contributed by atoms with Crippen molar-refractivity contribution >= 4 is 16.8 Å². The number of nitrogens with zero attached hydrogens (tertiary/aromatic N) is 1. The van der Waals surface area contributed by atoms with Crippen LogP contribution in [0, 0.1) is 0 Å². The molecule has 0 aromatic heterocycles. The molecular weight excluding hydrogens is 294 g/mol. The Labute approximate surface area is 139 Å². The Morgan fingerprint density at radius 3 is 2.68 bits per heavy atom. The molecule has 1 fully saturated rings. The third kappa shape index (κ3) is 7.61. The average Bonchev–Trinajstić information content (AvgIpc) is 2.54. The molecule has 1 aliphatic carbocycles.